The maximum absolute atomic E-state index is 12.3. The fourth-order valence-electron chi connectivity index (χ4n) is 1.57. The predicted molar refractivity (Wildman–Crippen MR) is 99.9 cm³/mol. The Kier molecular flexibility index (Phi) is 7.07. The SMILES string of the molecule is CC(Sc1nnc(SCC(N)=O)s1)C(=O)Nc1ccc(C#N)c(Cl)c1. The fourth-order valence-corrected chi connectivity index (χ4v) is 4.69. The first-order valence-corrected chi connectivity index (χ1v) is 9.86. The monoisotopic (exact) mass is 413 g/mol. The molecule has 25 heavy (non-hydrogen) atoms. The third-order valence-corrected chi connectivity index (χ3v) is 6.31. The van der Waals surface area contributed by atoms with Gasteiger partial charge in [0.05, 0.1) is 21.6 Å². The second-order valence-corrected chi connectivity index (χ2v) is 8.84. The smallest absolute Gasteiger partial charge is 0.237 e. The van der Waals surface area contributed by atoms with Gasteiger partial charge in [-0.1, -0.05) is 46.5 Å². The molecule has 2 aromatic rings. The molecule has 1 atom stereocenters. The Labute approximate surface area is 161 Å². The number of carbonyl (C=O) groups excluding carboxylic acids is 2. The summed E-state index contributed by atoms with van der Waals surface area (Å²) in [5.41, 5.74) is 5.94. The molecule has 0 spiro atoms. The molecule has 0 aliphatic heterocycles. The molecule has 0 saturated carbocycles. The number of nitriles is 1. The highest BCUT2D eigenvalue weighted by Crippen LogP contribution is 2.31. The summed E-state index contributed by atoms with van der Waals surface area (Å²) >= 11 is 9.70. The van der Waals surface area contributed by atoms with E-state index in [1.165, 1.54) is 40.9 Å². The summed E-state index contributed by atoms with van der Waals surface area (Å²) in [6.07, 6.45) is 0. The Morgan fingerprint density at radius 1 is 1.44 bits per heavy atom. The number of halogens is 1. The van der Waals surface area contributed by atoms with Crippen LogP contribution in [0.1, 0.15) is 12.5 Å². The van der Waals surface area contributed by atoms with E-state index in [1.807, 2.05) is 6.07 Å². The molecule has 1 unspecified atom stereocenters. The van der Waals surface area contributed by atoms with Gasteiger partial charge in [-0.05, 0) is 25.1 Å². The highest BCUT2D eigenvalue weighted by Gasteiger charge is 2.18. The zero-order chi connectivity index (χ0) is 18.4. The first-order chi connectivity index (χ1) is 11.9. The summed E-state index contributed by atoms with van der Waals surface area (Å²) in [6.45, 7) is 1.74. The van der Waals surface area contributed by atoms with Gasteiger partial charge in [-0.2, -0.15) is 5.26 Å². The molecule has 2 amide bonds. The summed E-state index contributed by atoms with van der Waals surface area (Å²) in [5, 5.41) is 19.4. The summed E-state index contributed by atoms with van der Waals surface area (Å²) in [4.78, 5) is 23.0. The number of aromatic nitrogens is 2. The van der Waals surface area contributed by atoms with E-state index in [-0.39, 0.29) is 16.7 Å². The van der Waals surface area contributed by atoms with E-state index in [1.54, 1.807) is 19.1 Å². The van der Waals surface area contributed by atoms with Crippen molar-refractivity contribution < 1.29 is 9.59 Å². The largest absolute Gasteiger partial charge is 0.369 e. The number of primary amides is 1. The van der Waals surface area contributed by atoms with Gasteiger partial charge in [-0.15, -0.1) is 10.2 Å². The summed E-state index contributed by atoms with van der Waals surface area (Å²) < 4.78 is 1.24. The molecule has 0 saturated heterocycles. The third-order valence-electron chi connectivity index (χ3n) is 2.73. The van der Waals surface area contributed by atoms with Crippen molar-refractivity contribution in [2.24, 2.45) is 5.73 Å². The number of hydrogen-bond acceptors (Lipinski definition) is 8. The maximum atomic E-state index is 12.3. The van der Waals surface area contributed by atoms with Crippen LogP contribution in [0.4, 0.5) is 5.69 Å². The first kappa shape index (κ1) is 19.5. The Balaban J connectivity index is 1.93. The average molecular weight is 414 g/mol. The molecule has 0 aliphatic carbocycles. The van der Waals surface area contributed by atoms with Crippen molar-refractivity contribution in [3.8, 4) is 6.07 Å². The minimum absolute atomic E-state index is 0.134. The second-order valence-electron chi connectivity index (χ2n) is 4.64. The van der Waals surface area contributed by atoms with E-state index in [0.29, 0.717) is 19.9 Å². The van der Waals surface area contributed by atoms with Gasteiger partial charge in [0.15, 0.2) is 8.68 Å². The highest BCUT2D eigenvalue weighted by atomic mass is 35.5. The molecule has 1 aromatic carbocycles. The van der Waals surface area contributed by atoms with Gasteiger partial charge < -0.3 is 11.1 Å². The van der Waals surface area contributed by atoms with Crippen LogP contribution in [-0.4, -0.2) is 33.0 Å². The van der Waals surface area contributed by atoms with Crippen LogP contribution in [0.3, 0.4) is 0 Å². The number of nitrogens with one attached hydrogen (secondary N) is 1. The lowest BCUT2D eigenvalue weighted by atomic mass is 10.2. The summed E-state index contributed by atoms with van der Waals surface area (Å²) in [7, 11) is 0. The van der Waals surface area contributed by atoms with Crippen LogP contribution >= 0.6 is 46.5 Å². The minimum atomic E-state index is -0.428. The van der Waals surface area contributed by atoms with Crippen molar-refractivity contribution in [3.05, 3.63) is 28.8 Å². The second kappa shape index (κ2) is 9.05. The zero-order valence-corrected chi connectivity index (χ0v) is 16.1. The number of anilines is 1. The number of carbonyl (C=O) groups is 2. The highest BCUT2D eigenvalue weighted by molar-refractivity contribution is 8.04. The van der Waals surface area contributed by atoms with E-state index in [4.69, 9.17) is 22.6 Å². The Hall–Kier alpha value is -1.80. The van der Waals surface area contributed by atoms with Gasteiger partial charge in [-0.25, -0.2) is 0 Å². The molecule has 7 nitrogen and oxygen atoms in total. The van der Waals surface area contributed by atoms with Crippen molar-refractivity contribution in [2.75, 3.05) is 11.1 Å². The molecule has 0 aliphatic rings. The van der Waals surface area contributed by atoms with Gasteiger partial charge in [0.1, 0.15) is 6.07 Å². The molecule has 11 heteroatoms. The van der Waals surface area contributed by atoms with Gasteiger partial charge in [-0.3, -0.25) is 9.59 Å². The molecule has 0 radical (unpaired) electrons. The predicted octanol–water partition coefficient (Wildman–Crippen LogP) is 2.76. The standard InChI is InChI=1S/C14H12ClN5O2S3/c1-7(24-14-20-19-13(25-14)23-6-11(17)21)12(22)18-9-3-2-8(5-16)10(15)4-9/h2-4,7H,6H2,1H3,(H2,17,21)(H,18,22). The quantitative estimate of drug-likeness (QED) is 0.669. The number of rotatable bonds is 7. The molecule has 0 bridgehead atoms. The number of nitrogens with zero attached hydrogens (tertiary/aromatic N) is 3. The van der Waals surface area contributed by atoms with Crippen LogP contribution in [0.15, 0.2) is 26.9 Å². The number of nitrogens with two attached hydrogens (primary N) is 1. The Morgan fingerprint density at radius 3 is 2.80 bits per heavy atom. The number of hydrogen-bond donors (Lipinski definition) is 2. The van der Waals surface area contributed by atoms with E-state index < -0.39 is 11.2 Å². The van der Waals surface area contributed by atoms with Gasteiger partial charge >= 0.3 is 0 Å². The Morgan fingerprint density at radius 2 is 2.16 bits per heavy atom. The first-order valence-electron chi connectivity index (χ1n) is 6.81. The normalized spacial score (nSPS) is 11.6. The van der Waals surface area contributed by atoms with Crippen molar-refractivity contribution in [3.63, 3.8) is 0 Å². The molecular formula is C14H12ClN5O2S3. The summed E-state index contributed by atoms with van der Waals surface area (Å²) in [6, 6.07) is 6.64. The van der Waals surface area contributed by atoms with Crippen molar-refractivity contribution >= 4 is 64.0 Å². The van der Waals surface area contributed by atoms with E-state index >= 15 is 0 Å². The fraction of sp³-hybridized carbons (Fsp3) is 0.214. The van der Waals surface area contributed by atoms with Crippen LogP contribution in [0.25, 0.3) is 0 Å². The van der Waals surface area contributed by atoms with Crippen LogP contribution in [0, 0.1) is 11.3 Å². The van der Waals surface area contributed by atoms with E-state index in [2.05, 4.69) is 15.5 Å². The lowest BCUT2D eigenvalue weighted by molar-refractivity contribution is -0.116. The van der Waals surface area contributed by atoms with Crippen LogP contribution in [-0.2, 0) is 9.59 Å². The van der Waals surface area contributed by atoms with Crippen molar-refractivity contribution in [1.29, 1.82) is 5.26 Å². The van der Waals surface area contributed by atoms with Gasteiger partial charge in [0.2, 0.25) is 11.8 Å². The minimum Gasteiger partial charge on any atom is -0.369 e. The van der Waals surface area contributed by atoms with Crippen molar-refractivity contribution in [1.82, 2.24) is 10.2 Å². The molecule has 2 rings (SSSR count). The zero-order valence-electron chi connectivity index (χ0n) is 12.9. The Bertz CT molecular complexity index is 836. The average Bonchev–Trinajstić information content (AvgIpc) is 3.00. The van der Waals surface area contributed by atoms with E-state index in [9.17, 15) is 9.59 Å². The van der Waals surface area contributed by atoms with Gasteiger partial charge in [0.25, 0.3) is 0 Å². The summed E-state index contributed by atoms with van der Waals surface area (Å²) in [5.74, 6) is -0.523. The molecule has 1 aromatic heterocycles. The van der Waals surface area contributed by atoms with Gasteiger partial charge in [0, 0.05) is 5.69 Å². The molecule has 1 heterocycles. The lowest BCUT2D eigenvalue weighted by Gasteiger charge is -2.10. The number of thioether (sulfide) groups is 2. The number of benzene rings is 1. The van der Waals surface area contributed by atoms with Crippen molar-refractivity contribution in [2.45, 2.75) is 20.9 Å². The maximum Gasteiger partial charge on any atom is 0.237 e. The van der Waals surface area contributed by atoms with Crippen LogP contribution < -0.4 is 11.1 Å². The molecule has 3 N–H and O–H groups in total. The molecule has 0 fully saturated rings. The van der Waals surface area contributed by atoms with Crippen LogP contribution in [0.2, 0.25) is 5.02 Å². The topological polar surface area (TPSA) is 122 Å². The van der Waals surface area contributed by atoms with E-state index in [0.717, 1.165) is 0 Å². The molecule has 130 valence electrons. The number of amides is 2. The third kappa shape index (κ3) is 5.89. The lowest BCUT2D eigenvalue weighted by Crippen LogP contribution is -2.22. The molecular weight excluding hydrogens is 402 g/mol. The van der Waals surface area contributed by atoms with Crippen LogP contribution in [0.5, 0.6) is 0 Å².